The summed E-state index contributed by atoms with van der Waals surface area (Å²) in [6.07, 6.45) is 10.4. The van der Waals surface area contributed by atoms with Crippen molar-refractivity contribution in [1.29, 1.82) is 0 Å². The predicted molar refractivity (Wildman–Crippen MR) is 66.6 cm³/mol. The lowest BCUT2D eigenvalue weighted by Gasteiger charge is -2.23. The molecular weight excluding hydrogens is 208 g/mol. The van der Waals surface area contributed by atoms with Gasteiger partial charge in [-0.05, 0) is 29.5 Å². The summed E-state index contributed by atoms with van der Waals surface area (Å²) in [4.78, 5) is 8.66. The minimum atomic E-state index is 0.0227. The van der Waals surface area contributed by atoms with Gasteiger partial charge in [0.25, 0.3) is 0 Å². The molecular formula is C15H12N2. The maximum atomic E-state index is 4.53. The van der Waals surface area contributed by atoms with Crippen LogP contribution in [0.3, 0.4) is 0 Å². The molecule has 17 heavy (non-hydrogen) atoms. The van der Waals surface area contributed by atoms with Gasteiger partial charge in [0.15, 0.2) is 0 Å². The number of aromatic nitrogens is 2. The van der Waals surface area contributed by atoms with E-state index in [4.69, 9.17) is 0 Å². The van der Waals surface area contributed by atoms with Crippen LogP contribution in [0.5, 0.6) is 0 Å². The summed E-state index contributed by atoms with van der Waals surface area (Å²) in [6, 6.07) is 8.62. The molecule has 1 aromatic heterocycles. The van der Waals surface area contributed by atoms with Gasteiger partial charge in [0, 0.05) is 6.20 Å². The average Bonchev–Trinajstić information content (AvgIpc) is 2.95. The standard InChI is InChI=1S/C15H12N2/c1-2-4-13-11(3-1)5-7-15(13)8-6-12-9-16-10-17-14(12)15/h1-5,7,9-10H,6,8H2. The van der Waals surface area contributed by atoms with E-state index < -0.39 is 0 Å². The van der Waals surface area contributed by atoms with Gasteiger partial charge in [-0.1, -0.05) is 36.4 Å². The number of aryl methyl sites for hydroxylation is 1. The first-order valence-corrected chi connectivity index (χ1v) is 5.98. The minimum absolute atomic E-state index is 0.0227. The first-order valence-electron chi connectivity index (χ1n) is 5.98. The molecule has 1 heterocycles. The molecule has 0 fully saturated rings. The number of allylic oxidation sites excluding steroid dienone is 1. The third-order valence-corrected chi connectivity index (χ3v) is 3.99. The van der Waals surface area contributed by atoms with Crippen molar-refractivity contribution in [3.05, 3.63) is 65.2 Å². The van der Waals surface area contributed by atoms with E-state index in [0.717, 1.165) is 12.8 Å². The zero-order valence-electron chi connectivity index (χ0n) is 9.43. The van der Waals surface area contributed by atoms with E-state index >= 15 is 0 Å². The van der Waals surface area contributed by atoms with Crippen molar-refractivity contribution < 1.29 is 0 Å². The lowest BCUT2D eigenvalue weighted by atomic mass is 9.80. The Kier molecular flexibility index (Phi) is 1.63. The second-order valence-corrected chi connectivity index (χ2v) is 4.79. The van der Waals surface area contributed by atoms with Crippen LogP contribution in [-0.4, -0.2) is 9.97 Å². The van der Waals surface area contributed by atoms with Gasteiger partial charge in [-0.15, -0.1) is 0 Å². The van der Waals surface area contributed by atoms with Crippen molar-refractivity contribution in [1.82, 2.24) is 9.97 Å². The van der Waals surface area contributed by atoms with Crippen molar-refractivity contribution in [3.8, 4) is 0 Å². The first kappa shape index (κ1) is 9.11. The predicted octanol–water partition coefficient (Wildman–Crippen LogP) is 2.74. The number of nitrogens with zero attached hydrogens (tertiary/aromatic N) is 2. The van der Waals surface area contributed by atoms with Crippen molar-refractivity contribution in [3.63, 3.8) is 0 Å². The Morgan fingerprint density at radius 2 is 2.12 bits per heavy atom. The van der Waals surface area contributed by atoms with E-state index in [9.17, 15) is 0 Å². The maximum absolute atomic E-state index is 4.53. The van der Waals surface area contributed by atoms with Gasteiger partial charge in [0.05, 0.1) is 11.1 Å². The highest BCUT2D eigenvalue weighted by Gasteiger charge is 2.42. The molecule has 0 aliphatic heterocycles. The van der Waals surface area contributed by atoms with E-state index in [-0.39, 0.29) is 5.41 Å². The van der Waals surface area contributed by atoms with E-state index in [1.54, 1.807) is 6.33 Å². The van der Waals surface area contributed by atoms with Gasteiger partial charge in [-0.3, -0.25) is 0 Å². The summed E-state index contributed by atoms with van der Waals surface area (Å²) < 4.78 is 0. The van der Waals surface area contributed by atoms with Crippen LogP contribution in [0, 0.1) is 0 Å². The molecule has 4 rings (SSSR count). The second-order valence-electron chi connectivity index (χ2n) is 4.79. The minimum Gasteiger partial charge on any atom is -0.245 e. The molecule has 2 heteroatoms. The quantitative estimate of drug-likeness (QED) is 0.682. The van der Waals surface area contributed by atoms with E-state index in [1.165, 1.54) is 22.4 Å². The van der Waals surface area contributed by atoms with Crippen LogP contribution < -0.4 is 0 Å². The normalized spacial score (nSPS) is 24.0. The van der Waals surface area contributed by atoms with Crippen molar-refractivity contribution in [2.24, 2.45) is 0 Å². The van der Waals surface area contributed by atoms with Crippen LogP contribution in [0.2, 0.25) is 0 Å². The summed E-state index contributed by atoms with van der Waals surface area (Å²) in [5.41, 5.74) is 5.26. The third kappa shape index (κ3) is 1.05. The highest BCUT2D eigenvalue weighted by molar-refractivity contribution is 5.69. The molecule has 2 aromatic rings. The number of fused-ring (bicyclic) bond motifs is 4. The van der Waals surface area contributed by atoms with Gasteiger partial charge >= 0.3 is 0 Å². The molecule has 0 amide bonds. The molecule has 0 N–H and O–H groups in total. The molecule has 2 nitrogen and oxygen atoms in total. The molecule has 0 saturated carbocycles. The number of hydrogen-bond donors (Lipinski definition) is 0. The molecule has 0 saturated heterocycles. The second kappa shape index (κ2) is 3.04. The summed E-state index contributed by atoms with van der Waals surface area (Å²) >= 11 is 0. The molecule has 0 radical (unpaired) electrons. The smallest absolute Gasteiger partial charge is 0.115 e. The maximum Gasteiger partial charge on any atom is 0.115 e. The van der Waals surface area contributed by atoms with Crippen molar-refractivity contribution in [2.75, 3.05) is 0 Å². The fraction of sp³-hybridized carbons (Fsp3) is 0.200. The highest BCUT2D eigenvalue weighted by Crippen LogP contribution is 2.48. The molecule has 2 aliphatic carbocycles. The van der Waals surface area contributed by atoms with Gasteiger partial charge < -0.3 is 0 Å². The van der Waals surface area contributed by atoms with Crippen LogP contribution in [0.4, 0.5) is 0 Å². The molecule has 1 aromatic carbocycles. The van der Waals surface area contributed by atoms with E-state index in [2.05, 4.69) is 46.4 Å². The largest absolute Gasteiger partial charge is 0.245 e. The Hall–Kier alpha value is -1.96. The third-order valence-electron chi connectivity index (χ3n) is 3.99. The van der Waals surface area contributed by atoms with Gasteiger partial charge in [-0.2, -0.15) is 0 Å². The van der Waals surface area contributed by atoms with E-state index in [0.29, 0.717) is 0 Å². The number of rotatable bonds is 0. The summed E-state index contributed by atoms with van der Waals surface area (Å²) in [7, 11) is 0. The SMILES string of the molecule is C1=CC2(CCc3cncnc32)c2ccccc21. The number of hydrogen-bond acceptors (Lipinski definition) is 2. The van der Waals surface area contributed by atoms with E-state index in [1.807, 2.05) is 6.20 Å². The molecule has 1 unspecified atom stereocenters. The highest BCUT2D eigenvalue weighted by atomic mass is 14.8. The van der Waals surface area contributed by atoms with Crippen LogP contribution in [-0.2, 0) is 11.8 Å². The molecule has 82 valence electrons. The van der Waals surface area contributed by atoms with Crippen molar-refractivity contribution >= 4 is 6.08 Å². The lowest BCUT2D eigenvalue weighted by Crippen LogP contribution is -2.21. The number of benzene rings is 1. The van der Waals surface area contributed by atoms with Crippen LogP contribution in [0.1, 0.15) is 28.8 Å². The fourth-order valence-electron chi connectivity index (χ4n) is 3.19. The molecule has 1 spiro atoms. The molecule has 1 atom stereocenters. The van der Waals surface area contributed by atoms with Crippen molar-refractivity contribution in [2.45, 2.75) is 18.3 Å². The van der Waals surface area contributed by atoms with Gasteiger partial charge in [-0.25, -0.2) is 9.97 Å². The zero-order chi connectivity index (χ0) is 11.3. The Bertz CT molecular complexity index is 630. The summed E-state index contributed by atoms with van der Waals surface area (Å²) in [6.45, 7) is 0. The van der Waals surface area contributed by atoms with Crippen LogP contribution in [0.25, 0.3) is 6.08 Å². The molecule has 2 aliphatic rings. The Labute approximate surface area is 100 Å². The Morgan fingerprint density at radius 1 is 1.18 bits per heavy atom. The summed E-state index contributed by atoms with van der Waals surface area (Å²) in [5.74, 6) is 0. The first-order chi connectivity index (χ1) is 8.40. The zero-order valence-corrected chi connectivity index (χ0v) is 9.43. The average molecular weight is 220 g/mol. The summed E-state index contributed by atoms with van der Waals surface area (Å²) in [5, 5.41) is 0. The van der Waals surface area contributed by atoms with Gasteiger partial charge in [0.1, 0.15) is 6.33 Å². The monoisotopic (exact) mass is 220 g/mol. The Morgan fingerprint density at radius 3 is 3.12 bits per heavy atom. The topological polar surface area (TPSA) is 25.8 Å². The van der Waals surface area contributed by atoms with Crippen LogP contribution in [0.15, 0.2) is 42.9 Å². The lowest BCUT2D eigenvalue weighted by molar-refractivity contribution is 0.629. The van der Waals surface area contributed by atoms with Gasteiger partial charge in [0.2, 0.25) is 0 Å². The Balaban J connectivity index is 2.01. The fourth-order valence-corrected chi connectivity index (χ4v) is 3.19. The van der Waals surface area contributed by atoms with Crippen LogP contribution >= 0.6 is 0 Å². The molecule has 0 bridgehead atoms.